The lowest BCUT2D eigenvalue weighted by Crippen LogP contribution is -2.51. The van der Waals surface area contributed by atoms with Crippen LogP contribution in [0.5, 0.6) is 5.75 Å². The van der Waals surface area contributed by atoms with Gasteiger partial charge in [-0.1, -0.05) is 31.5 Å². The van der Waals surface area contributed by atoms with Crippen molar-refractivity contribution in [1.29, 1.82) is 0 Å². The molecule has 2 heterocycles. The van der Waals surface area contributed by atoms with Crippen LogP contribution in [0.25, 0.3) is 0 Å². The molecular formula is C21H30N2O4. The summed E-state index contributed by atoms with van der Waals surface area (Å²) in [6.45, 7) is 5.19. The van der Waals surface area contributed by atoms with Gasteiger partial charge in [0, 0.05) is 31.6 Å². The van der Waals surface area contributed by atoms with Gasteiger partial charge in [-0.2, -0.15) is 0 Å². The van der Waals surface area contributed by atoms with E-state index in [0.29, 0.717) is 45.7 Å². The molecular weight excluding hydrogens is 344 g/mol. The number of amides is 2. The molecule has 2 aliphatic rings. The third kappa shape index (κ3) is 4.26. The van der Waals surface area contributed by atoms with Crippen LogP contribution in [0.3, 0.4) is 0 Å². The second kappa shape index (κ2) is 9.22. The zero-order valence-corrected chi connectivity index (χ0v) is 16.4. The predicted octanol–water partition coefficient (Wildman–Crippen LogP) is 2.63. The number of unbranched alkanes of at least 4 members (excludes halogenated alkanes) is 1. The summed E-state index contributed by atoms with van der Waals surface area (Å²) in [4.78, 5) is 29.9. The van der Waals surface area contributed by atoms with Gasteiger partial charge in [0.2, 0.25) is 11.8 Å². The van der Waals surface area contributed by atoms with Crippen molar-refractivity contribution in [2.45, 2.75) is 38.6 Å². The minimum absolute atomic E-state index is 0.128. The van der Waals surface area contributed by atoms with E-state index in [-0.39, 0.29) is 23.8 Å². The summed E-state index contributed by atoms with van der Waals surface area (Å²) >= 11 is 0. The number of carbonyl (C=O) groups excluding carboxylic acids is 2. The van der Waals surface area contributed by atoms with Gasteiger partial charge in [-0.05, 0) is 18.9 Å². The van der Waals surface area contributed by atoms with E-state index in [1.165, 1.54) is 0 Å². The number of ether oxygens (including phenoxy) is 2. The first-order valence-corrected chi connectivity index (χ1v) is 9.96. The molecule has 0 radical (unpaired) electrons. The first kappa shape index (κ1) is 19.7. The van der Waals surface area contributed by atoms with Crippen LogP contribution in [0.15, 0.2) is 24.3 Å². The monoisotopic (exact) mass is 374 g/mol. The zero-order valence-electron chi connectivity index (χ0n) is 16.4. The molecule has 148 valence electrons. The van der Waals surface area contributed by atoms with E-state index in [1.54, 1.807) is 7.11 Å². The number of morpholine rings is 1. The van der Waals surface area contributed by atoms with Crippen molar-refractivity contribution in [2.75, 3.05) is 40.0 Å². The fourth-order valence-electron chi connectivity index (χ4n) is 4.12. The van der Waals surface area contributed by atoms with Crippen LogP contribution in [0, 0.1) is 5.92 Å². The van der Waals surface area contributed by atoms with Crippen LogP contribution in [-0.2, 0) is 14.3 Å². The molecule has 0 spiro atoms. The molecule has 27 heavy (non-hydrogen) atoms. The second-order valence-electron chi connectivity index (χ2n) is 7.21. The third-order valence-electron chi connectivity index (χ3n) is 5.56. The highest BCUT2D eigenvalue weighted by atomic mass is 16.5. The van der Waals surface area contributed by atoms with E-state index < -0.39 is 0 Å². The molecule has 0 saturated carbocycles. The van der Waals surface area contributed by atoms with Crippen molar-refractivity contribution in [1.82, 2.24) is 9.80 Å². The fourth-order valence-corrected chi connectivity index (χ4v) is 4.12. The number of para-hydroxylation sites is 1. The Bertz CT molecular complexity index is 657. The highest BCUT2D eigenvalue weighted by Crippen LogP contribution is 2.41. The van der Waals surface area contributed by atoms with E-state index in [1.807, 2.05) is 34.1 Å². The Hall–Kier alpha value is -2.08. The lowest BCUT2D eigenvalue weighted by molar-refractivity contribution is -0.150. The van der Waals surface area contributed by atoms with E-state index in [0.717, 1.165) is 24.2 Å². The van der Waals surface area contributed by atoms with Gasteiger partial charge < -0.3 is 19.3 Å². The Labute approximate surface area is 161 Å². The molecule has 0 bridgehead atoms. The van der Waals surface area contributed by atoms with Gasteiger partial charge in [0.1, 0.15) is 5.75 Å². The van der Waals surface area contributed by atoms with Gasteiger partial charge >= 0.3 is 0 Å². The summed E-state index contributed by atoms with van der Waals surface area (Å²) in [6.07, 6.45) is 2.94. The Balaban J connectivity index is 1.96. The molecule has 1 aromatic rings. The predicted molar refractivity (Wildman–Crippen MR) is 102 cm³/mol. The molecule has 2 fully saturated rings. The maximum Gasteiger partial charge on any atom is 0.228 e. The molecule has 6 nitrogen and oxygen atoms in total. The summed E-state index contributed by atoms with van der Waals surface area (Å²) in [7, 11) is 1.64. The minimum Gasteiger partial charge on any atom is -0.496 e. The smallest absolute Gasteiger partial charge is 0.228 e. The number of hydrogen-bond acceptors (Lipinski definition) is 4. The van der Waals surface area contributed by atoms with Crippen molar-refractivity contribution >= 4 is 11.8 Å². The summed E-state index contributed by atoms with van der Waals surface area (Å²) < 4.78 is 11.0. The molecule has 0 aromatic heterocycles. The summed E-state index contributed by atoms with van der Waals surface area (Å²) in [5.74, 6) is 0.751. The number of hydrogen-bond donors (Lipinski definition) is 0. The molecule has 2 unspecified atom stereocenters. The van der Waals surface area contributed by atoms with Crippen molar-refractivity contribution in [2.24, 2.45) is 5.92 Å². The average Bonchev–Trinajstić information content (AvgIpc) is 2.72. The van der Waals surface area contributed by atoms with Crippen molar-refractivity contribution in [3.8, 4) is 5.75 Å². The second-order valence-corrected chi connectivity index (χ2v) is 7.21. The van der Waals surface area contributed by atoms with Crippen LogP contribution < -0.4 is 4.74 Å². The molecule has 3 rings (SSSR count). The van der Waals surface area contributed by atoms with Gasteiger partial charge in [0.25, 0.3) is 0 Å². The Morgan fingerprint density at radius 1 is 1.26 bits per heavy atom. The van der Waals surface area contributed by atoms with Gasteiger partial charge in [0.05, 0.1) is 32.3 Å². The minimum atomic E-state index is -0.274. The summed E-state index contributed by atoms with van der Waals surface area (Å²) in [6, 6.07) is 7.49. The van der Waals surface area contributed by atoms with E-state index in [4.69, 9.17) is 9.47 Å². The molecule has 2 saturated heterocycles. The van der Waals surface area contributed by atoms with Crippen LogP contribution in [0.1, 0.15) is 44.2 Å². The van der Waals surface area contributed by atoms with Crippen LogP contribution in [0.2, 0.25) is 0 Å². The number of piperidine rings is 1. The highest BCUT2D eigenvalue weighted by Gasteiger charge is 2.43. The first-order chi connectivity index (χ1) is 13.2. The largest absolute Gasteiger partial charge is 0.496 e. The molecule has 1 aromatic carbocycles. The number of likely N-dealkylation sites (tertiary alicyclic amines) is 1. The Kier molecular flexibility index (Phi) is 6.72. The van der Waals surface area contributed by atoms with E-state index in [9.17, 15) is 9.59 Å². The average molecular weight is 374 g/mol. The van der Waals surface area contributed by atoms with Gasteiger partial charge in [-0.3, -0.25) is 9.59 Å². The quantitative estimate of drug-likeness (QED) is 0.768. The number of rotatable bonds is 6. The number of benzene rings is 1. The standard InChI is InChI=1S/C21H30N2O4/c1-3-4-11-23-19(24)10-9-17(21(25)22-12-14-27-15-13-22)20(23)16-7-5-6-8-18(16)26-2/h5-8,17,20H,3-4,9-15H2,1-2H3. The molecule has 6 heteroatoms. The summed E-state index contributed by atoms with van der Waals surface area (Å²) in [5, 5.41) is 0. The van der Waals surface area contributed by atoms with Crippen molar-refractivity contribution in [3.63, 3.8) is 0 Å². The lowest BCUT2D eigenvalue weighted by atomic mass is 9.82. The maximum atomic E-state index is 13.4. The van der Waals surface area contributed by atoms with Gasteiger partial charge in [-0.25, -0.2) is 0 Å². The zero-order chi connectivity index (χ0) is 19.2. The number of carbonyl (C=O) groups is 2. The maximum absolute atomic E-state index is 13.4. The third-order valence-corrected chi connectivity index (χ3v) is 5.56. The molecule has 0 aliphatic carbocycles. The molecule has 2 aliphatic heterocycles. The SMILES string of the molecule is CCCCN1C(=O)CCC(C(=O)N2CCOCC2)C1c1ccccc1OC. The van der Waals surface area contributed by atoms with Crippen LogP contribution >= 0.6 is 0 Å². The van der Waals surface area contributed by atoms with Crippen molar-refractivity contribution < 1.29 is 19.1 Å². The highest BCUT2D eigenvalue weighted by molar-refractivity contribution is 5.85. The number of nitrogens with zero attached hydrogens (tertiary/aromatic N) is 2. The molecule has 0 N–H and O–H groups in total. The van der Waals surface area contributed by atoms with E-state index in [2.05, 4.69) is 6.92 Å². The normalized spacial score (nSPS) is 23.4. The van der Waals surface area contributed by atoms with Gasteiger partial charge in [0.15, 0.2) is 0 Å². The summed E-state index contributed by atoms with van der Waals surface area (Å²) in [5.41, 5.74) is 0.927. The molecule has 2 amide bonds. The topological polar surface area (TPSA) is 59.1 Å². The van der Waals surface area contributed by atoms with Crippen molar-refractivity contribution in [3.05, 3.63) is 29.8 Å². The van der Waals surface area contributed by atoms with E-state index >= 15 is 0 Å². The van der Waals surface area contributed by atoms with Crippen LogP contribution in [0.4, 0.5) is 0 Å². The molecule has 2 atom stereocenters. The lowest BCUT2D eigenvalue weighted by Gasteiger charge is -2.43. The first-order valence-electron chi connectivity index (χ1n) is 9.96. The fraction of sp³-hybridized carbons (Fsp3) is 0.619. The Morgan fingerprint density at radius 2 is 2.00 bits per heavy atom. The Morgan fingerprint density at radius 3 is 2.70 bits per heavy atom. The van der Waals surface area contributed by atoms with Crippen LogP contribution in [-0.4, -0.2) is 61.6 Å². The number of methoxy groups -OCH3 is 1. The van der Waals surface area contributed by atoms with Gasteiger partial charge in [-0.15, -0.1) is 0 Å².